The average Bonchev–Trinajstić information content (AvgIpc) is 3.27. The quantitative estimate of drug-likeness (QED) is 0.251. The van der Waals surface area contributed by atoms with E-state index in [9.17, 15) is 27.2 Å². The second kappa shape index (κ2) is 10.5. The van der Waals surface area contributed by atoms with Crippen LogP contribution in [0.1, 0.15) is 41.1 Å². The molecule has 0 saturated carbocycles. The maximum absolute atomic E-state index is 13.6. The van der Waals surface area contributed by atoms with E-state index in [-0.39, 0.29) is 44.8 Å². The molecule has 0 unspecified atom stereocenters. The molecule has 0 aliphatic heterocycles. The van der Waals surface area contributed by atoms with E-state index in [1.165, 1.54) is 25.2 Å². The van der Waals surface area contributed by atoms with E-state index in [0.29, 0.717) is 0 Å². The Morgan fingerprint density at radius 1 is 1.13 bits per heavy atom. The van der Waals surface area contributed by atoms with Crippen LogP contribution in [0.15, 0.2) is 47.0 Å². The number of hydrogen-bond acceptors (Lipinski definition) is 7. The number of rotatable bonds is 7. The zero-order valence-electron chi connectivity index (χ0n) is 25.4. The number of fused-ring (bicyclic) bond motifs is 1. The molecule has 198 valence electrons. The van der Waals surface area contributed by atoms with Gasteiger partial charge in [-0.2, -0.15) is 13.2 Å². The number of alkyl halides is 3. The van der Waals surface area contributed by atoms with Crippen LogP contribution in [0.25, 0.3) is 33.6 Å². The minimum absolute atomic E-state index is 0.0175. The van der Waals surface area contributed by atoms with Gasteiger partial charge in [-0.05, 0) is 42.8 Å². The summed E-state index contributed by atoms with van der Waals surface area (Å²) in [6, 6.07) is 7.04. The highest BCUT2D eigenvalue weighted by molar-refractivity contribution is 6.11. The maximum Gasteiger partial charge on any atom is 0.389 e. The van der Waals surface area contributed by atoms with Crippen molar-refractivity contribution in [1.29, 1.82) is 0 Å². The number of hydrogen-bond donors (Lipinski definition) is 1. The molecule has 1 aromatic carbocycles. The number of pyridine rings is 2. The third kappa shape index (κ3) is 5.29. The first kappa shape index (κ1) is 19.6. The molecule has 8 nitrogen and oxygen atoms in total. The van der Waals surface area contributed by atoms with Crippen molar-refractivity contribution in [2.24, 2.45) is 0 Å². The second-order valence-electron chi connectivity index (χ2n) is 7.91. The number of amides is 1. The molecule has 3 aromatic heterocycles. The molecule has 0 bridgehead atoms. The number of nitrogens with zero attached hydrogens (tertiary/aromatic N) is 2. The van der Waals surface area contributed by atoms with Gasteiger partial charge in [0.05, 0.1) is 38.9 Å². The summed E-state index contributed by atoms with van der Waals surface area (Å²) in [7, 11) is -5.06. The maximum atomic E-state index is 13.6. The van der Waals surface area contributed by atoms with Gasteiger partial charge in [0.25, 0.3) is 5.91 Å². The lowest BCUT2D eigenvalue weighted by Gasteiger charge is -2.13. The van der Waals surface area contributed by atoms with Crippen molar-refractivity contribution in [1.82, 2.24) is 15.3 Å². The summed E-state index contributed by atoms with van der Waals surface area (Å²) in [6.07, 6.45) is -5.70. The van der Waals surface area contributed by atoms with E-state index < -0.39 is 62.2 Å². The van der Waals surface area contributed by atoms with Crippen LogP contribution in [0, 0.1) is 5.82 Å². The van der Waals surface area contributed by atoms with E-state index in [1.807, 2.05) is 0 Å². The molecule has 0 fully saturated rings. The van der Waals surface area contributed by atoms with Gasteiger partial charge in [-0.3, -0.25) is 4.79 Å². The number of ether oxygens (including phenoxy) is 2. The zero-order valence-corrected chi connectivity index (χ0v) is 19.4. The zero-order chi connectivity index (χ0) is 32.6. The predicted octanol–water partition coefficient (Wildman–Crippen LogP) is 5.35. The fourth-order valence-corrected chi connectivity index (χ4v) is 3.80. The summed E-state index contributed by atoms with van der Waals surface area (Å²) in [5.74, 6) is -3.71. The first-order chi connectivity index (χ1) is 20.3. The number of nitrogens with one attached hydrogen (secondary N) is 1. The Kier molecular flexibility index (Phi) is 5.41. The Balaban J connectivity index is 1.99. The summed E-state index contributed by atoms with van der Waals surface area (Å²) in [6.45, 7) is 0. The van der Waals surface area contributed by atoms with Gasteiger partial charge in [0.2, 0.25) is 11.6 Å². The predicted molar refractivity (Wildman–Crippen MR) is 128 cm³/mol. The molecule has 12 heteroatoms. The summed E-state index contributed by atoms with van der Waals surface area (Å²) < 4.78 is 112. The average molecular weight is 537 g/mol. The monoisotopic (exact) mass is 537 g/mol. The van der Waals surface area contributed by atoms with Crippen molar-refractivity contribution >= 4 is 23.0 Å². The third-order valence-corrected chi connectivity index (χ3v) is 5.54. The van der Waals surface area contributed by atoms with Crippen LogP contribution in [-0.4, -0.2) is 49.1 Å². The Hall–Kier alpha value is -4.48. The van der Waals surface area contributed by atoms with Gasteiger partial charge in [0.15, 0.2) is 0 Å². The van der Waals surface area contributed by atoms with E-state index >= 15 is 0 Å². The lowest BCUT2D eigenvalue weighted by Crippen LogP contribution is -2.18. The molecule has 0 radical (unpaired) electrons. The fourth-order valence-electron chi connectivity index (χ4n) is 3.80. The highest BCUT2D eigenvalue weighted by Crippen LogP contribution is 2.38. The standard InChI is InChI=1S/C26H21F4N3O5/c1-31-22(34)20-17-11-16(14-10-18(25(35)37-3)23(36-2)32-12-14)19(8-9-26(28,29)30)33-24(17)38-21(20)13-4-6-15(27)7-5-13/h4-7,10-12H,8-9H2,1-3H3,(H,31,34)/i2D3,3D3. The highest BCUT2D eigenvalue weighted by atomic mass is 19.4. The Morgan fingerprint density at radius 3 is 2.55 bits per heavy atom. The summed E-state index contributed by atoms with van der Waals surface area (Å²) in [5.41, 5.74) is -1.28. The number of aryl methyl sites for hydroxylation is 1. The number of methoxy groups -OCH3 is 2. The summed E-state index contributed by atoms with van der Waals surface area (Å²) in [5, 5.41) is 2.45. The molecule has 0 saturated heterocycles. The number of aromatic nitrogens is 2. The van der Waals surface area contributed by atoms with Crippen LogP contribution in [-0.2, 0) is 11.2 Å². The molecule has 0 spiro atoms. The Bertz CT molecular complexity index is 1720. The number of furan rings is 1. The van der Waals surface area contributed by atoms with E-state index in [0.717, 1.165) is 24.4 Å². The molecule has 4 aromatic rings. The number of esters is 1. The van der Waals surface area contributed by atoms with Crippen LogP contribution >= 0.6 is 0 Å². The minimum Gasteiger partial charge on any atom is -0.480 e. The molecular formula is C26H21F4N3O5. The SMILES string of the molecule is [2H]C([2H])([2H])OC(=O)c1cc(-c2cc3c(C(=O)NC)c(-c4ccc(F)cc4)oc3nc2CCC(F)(F)F)cnc1OC([2H])([2H])[2H]. The van der Waals surface area contributed by atoms with Gasteiger partial charge in [-0.15, -0.1) is 0 Å². The molecule has 0 aliphatic carbocycles. The van der Waals surface area contributed by atoms with E-state index in [2.05, 4.69) is 20.0 Å². The van der Waals surface area contributed by atoms with E-state index in [4.69, 9.17) is 17.4 Å². The van der Waals surface area contributed by atoms with Crippen molar-refractivity contribution in [2.75, 3.05) is 21.1 Å². The van der Waals surface area contributed by atoms with Gasteiger partial charge >= 0.3 is 12.1 Å². The first-order valence-electron chi connectivity index (χ1n) is 13.8. The molecule has 1 amide bonds. The first-order valence-corrected chi connectivity index (χ1v) is 10.8. The molecular weight excluding hydrogens is 510 g/mol. The molecule has 3 heterocycles. The van der Waals surface area contributed by atoms with Crippen molar-refractivity contribution < 1.29 is 49.3 Å². The van der Waals surface area contributed by atoms with Gasteiger partial charge in [-0.1, -0.05) is 0 Å². The van der Waals surface area contributed by atoms with Gasteiger partial charge in [0.1, 0.15) is 17.1 Å². The number of halogens is 4. The lowest BCUT2D eigenvalue weighted by atomic mass is 9.98. The largest absolute Gasteiger partial charge is 0.480 e. The van der Waals surface area contributed by atoms with Crippen molar-refractivity contribution in [3.63, 3.8) is 0 Å². The van der Waals surface area contributed by atoms with E-state index in [1.54, 1.807) is 0 Å². The molecule has 0 atom stereocenters. The normalized spacial score (nSPS) is 14.4. The van der Waals surface area contributed by atoms with Crippen molar-refractivity contribution in [3.05, 3.63) is 65.2 Å². The number of carbonyl (C=O) groups excluding carboxylic acids is 2. The van der Waals surface area contributed by atoms with Crippen LogP contribution < -0.4 is 10.1 Å². The topological polar surface area (TPSA) is 104 Å². The minimum atomic E-state index is -4.62. The Morgan fingerprint density at radius 2 is 1.89 bits per heavy atom. The highest BCUT2D eigenvalue weighted by Gasteiger charge is 2.30. The van der Waals surface area contributed by atoms with Crippen LogP contribution in [0.2, 0.25) is 0 Å². The molecule has 0 aliphatic rings. The smallest absolute Gasteiger partial charge is 0.389 e. The van der Waals surface area contributed by atoms with Gasteiger partial charge in [-0.25, -0.2) is 19.2 Å². The van der Waals surface area contributed by atoms with Gasteiger partial charge < -0.3 is 19.2 Å². The second-order valence-corrected chi connectivity index (χ2v) is 7.91. The van der Waals surface area contributed by atoms with Crippen molar-refractivity contribution in [3.8, 4) is 28.3 Å². The summed E-state index contributed by atoms with van der Waals surface area (Å²) in [4.78, 5) is 33.7. The molecule has 1 N–H and O–H groups in total. The Labute approximate surface area is 222 Å². The summed E-state index contributed by atoms with van der Waals surface area (Å²) >= 11 is 0. The number of benzene rings is 1. The van der Waals surface area contributed by atoms with Crippen LogP contribution in [0.4, 0.5) is 17.6 Å². The molecule has 38 heavy (non-hydrogen) atoms. The fraction of sp³-hybridized carbons (Fsp3) is 0.231. The van der Waals surface area contributed by atoms with Crippen LogP contribution in [0.5, 0.6) is 5.88 Å². The third-order valence-electron chi connectivity index (χ3n) is 5.54. The van der Waals surface area contributed by atoms with Gasteiger partial charge in [0, 0.05) is 36.4 Å². The molecule has 4 rings (SSSR count). The van der Waals surface area contributed by atoms with Crippen molar-refractivity contribution in [2.45, 2.75) is 19.0 Å². The number of carbonyl (C=O) groups is 2. The lowest BCUT2D eigenvalue weighted by molar-refractivity contribution is -0.134. The van der Waals surface area contributed by atoms with Crippen LogP contribution in [0.3, 0.4) is 0 Å².